The average molecular weight is 219 g/mol. The number of hydrogen-bond donors (Lipinski definition) is 0. The number of ether oxygens (including phenoxy) is 1. The summed E-state index contributed by atoms with van der Waals surface area (Å²) in [5.74, 6) is -0.0870. The predicted octanol–water partition coefficient (Wildman–Crippen LogP) is 1.74. The van der Waals surface area contributed by atoms with Crippen LogP contribution in [0.1, 0.15) is 17.5 Å². The maximum Gasteiger partial charge on any atom is 0.323 e. The molecule has 1 aliphatic rings. The Hall–Kier alpha value is -1.35. The first kappa shape index (κ1) is 11.1. The van der Waals surface area contributed by atoms with Crippen molar-refractivity contribution in [1.29, 1.82) is 0 Å². The summed E-state index contributed by atoms with van der Waals surface area (Å²) in [6, 6.07) is 8.19. The molecule has 86 valence electrons. The first-order chi connectivity index (χ1) is 7.68. The summed E-state index contributed by atoms with van der Waals surface area (Å²) in [5.41, 5.74) is 2.53. The van der Waals surface area contributed by atoms with E-state index < -0.39 is 0 Å². The topological polar surface area (TPSA) is 29.5 Å². The van der Waals surface area contributed by atoms with Crippen molar-refractivity contribution in [3.8, 4) is 0 Å². The quantitative estimate of drug-likeness (QED) is 0.725. The number of cyclic esters (lactones) is 1. The maximum absolute atomic E-state index is 11.4. The van der Waals surface area contributed by atoms with Gasteiger partial charge in [-0.25, -0.2) is 0 Å². The Balaban J connectivity index is 2.04. The Morgan fingerprint density at radius 1 is 1.44 bits per heavy atom. The summed E-state index contributed by atoms with van der Waals surface area (Å²) in [4.78, 5) is 13.5. The van der Waals surface area contributed by atoms with Crippen LogP contribution in [-0.4, -0.2) is 30.6 Å². The number of aryl methyl sites for hydroxylation is 1. The number of rotatable bonds is 3. The molecule has 0 aliphatic carbocycles. The molecular formula is C13H17NO2. The van der Waals surface area contributed by atoms with Crippen LogP contribution in [0.2, 0.25) is 0 Å². The third-order valence-corrected chi connectivity index (χ3v) is 3.12. The van der Waals surface area contributed by atoms with Gasteiger partial charge in [0.2, 0.25) is 0 Å². The predicted molar refractivity (Wildman–Crippen MR) is 62.0 cm³/mol. The lowest BCUT2D eigenvalue weighted by Crippen LogP contribution is -2.34. The van der Waals surface area contributed by atoms with Gasteiger partial charge in [-0.3, -0.25) is 9.69 Å². The second kappa shape index (κ2) is 4.66. The number of hydrogen-bond acceptors (Lipinski definition) is 3. The molecule has 1 aliphatic heterocycles. The zero-order valence-electron chi connectivity index (χ0n) is 9.77. The van der Waals surface area contributed by atoms with Crippen molar-refractivity contribution in [3.63, 3.8) is 0 Å². The fraction of sp³-hybridized carbons (Fsp3) is 0.462. The molecule has 1 heterocycles. The van der Waals surface area contributed by atoms with Crippen LogP contribution < -0.4 is 0 Å². The van der Waals surface area contributed by atoms with E-state index in [1.54, 1.807) is 0 Å². The molecule has 1 aromatic rings. The third-order valence-electron chi connectivity index (χ3n) is 3.12. The number of likely N-dealkylation sites (N-methyl/N-ethyl adjacent to an activating group) is 1. The standard InChI is InChI=1S/C13H17NO2/c1-10-5-3-4-6-11(10)9-14(2)12-7-8-16-13(12)15/h3-6,12H,7-9H2,1-2H3/t12-/m0/s1. The molecule has 1 saturated heterocycles. The summed E-state index contributed by atoms with van der Waals surface area (Å²) < 4.78 is 4.97. The van der Waals surface area contributed by atoms with E-state index in [0.29, 0.717) is 6.61 Å². The second-order valence-corrected chi connectivity index (χ2v) is 4.31. The molecule has 2 rings (SSSR count). The van der Waals surface area contributed by atoms with E-state index in [1.165, 1.54) is 11.1 Å². The van der Waals surface area contributed by atoms with E-state index in [9.17, 15) is 4.79 Å². The van der Waals surface area contributed by atoms with Crippen LogP contribution in [0.15, 0.2) is 24.3 Å². The average Bonchev–Trinajstić information content (AvgIpc) is 2.68. The number of esters is 1. The molecule has 16 heavy (non-hydrogen) atoms. The third kappa shape index (κ3) is 2.25. The Morgan fingerprint density at radius 3 is 2.81 bits per heavy atom. The Labute approximate surface area is 96.0 Å². The van der Waals surface area contributed by atoms with Crippen molar-refractivity contribution >= 4 is 5.97 Å². The first-order valence-corrected chi connectivity index (χ1v) is 5.60. The SMILES string of the molecule is Cc1ccccc1CN(C)[C@H]1CCOC1=O. The molecule has 0 unspecified atom stereocenters. The molecule has 1 aromatic carbocycles. The molecule has 0 N–H and O–H groups in total. The number of nitrogens with zero attached hydrogens (tertiary/aromatic N) is 1. The zero-order valence-corrected chi connectivity index (χ0v) is 9.77. The molecule has 0 amide bonds. The van der Waals surface area contributed by atoms with Crippen molar-refractivity contribution < 1.29 is 9.53 Å². The molecule has 0 bridgehead atoms. The minimum Gasteiger partial charge on any atom is -0.464 e. The molecule has 1 atom stereocenters. The van der Waals surface area contributed by atoms with Gasteiger partial charge in [0.05, 0.1) is 6.61 Å². The van der Waals surface area contributed by atoms with Crippen LogP contribution in [-0.2, 0) is 16.1 Å². The lowest BCUT2D eigenvalue weighted by atomic mass is 10.1. The summed E-state index contributed by atoms with van der Waals surface area (Å²) in [7, 11) is 1.98. The molecule has 3 nitrogen and oxygen atoms in total. The Morgan fingerprint density at radius 2 is 2.19 bits per heavy atom. The zero-order chi connectivity index (χ0) is 11.5. The molecule has 1 fully saturated rings. The van der Waals surface area contributed by atoms with Crippen LogP contribution >= 0.6 is 0 Å². The van der Waals surface area contributed by atoms with Crippen molar-refractivity contribution in [2.24, 2.45) is 0 Å². The highest BCUT2D eigenvalue weighted by Crippen LogP contribution is 2.16. The second-order valence-electron chi connectivity index (χ2n) is 4.31. The van der Waals surface area contributed by atoms with E-state index in [2.05, 4.69) is 24.0 Å². The van der Waals surface area contributed by atoms with Crippen molar-refractivity contribution in [2.75, 3.05) is 13.7 Å². The number of carbonyl (C=O) groups excluding carboxylic acids is 1. The van der Waals surface area contributed by atoms with Gasteiger partial charge in [0.1, 0.15) is 6.04 Å². The van der Waals surface area contributed by atoms with Gasteiger partial charge in [-0.1, -0.05) is 24.3 Å². The molecule has 3 heteroatoms. The van der Waals surface area contributed by atoms with Gasteiger partial charge in [-0.15, -0.1) is 0 Å². The maximum atomic E-state index is 11.4. The monoisotopic (exact) mass is 219 g/mol. The van der Waals surface area contributed by atoms with Crippen LogP contribution in [0.4, 0.5) is 0 Å². The van der Waals surface area contributed by atoms with Gasteiger partial charge in [0, 0.05) is 13.0 Å². The van der Waals surface area contributed by atoms with Crippen molar-refractivity contribution in [3.05, 3.63) is 35.4 Å². The first-order valence-electron chi connectivity index (χ1n) is 5.60. The highest BCUT2D eigenvalue weighted by molar-refractivity contribution is 5.77. The van der Waals surface area contributed by atoms with E-state index >= 15 is 0 Å². The van der Waals surface area contributed by atoms with Crippen LogP contribution in [0.5, 0.6) is 0 Å². The summed E-state index contributed by atoms with van der Waals surface area (Å²) in [6.45, 7) is 3.45. The molecule has 0 radical (unpaired) electrons. The minimum absolute atomic E-state index is 0.0698. The van der Waals surface area contributed by atoms with Crippen molar-refractivity contribution in [1.82, 2.24) is 4.90 Å². The fourth-order valence-corrected chi connectivity index (χ4v) is 2.05. The van der Waals surface area contributed by atoms with Gasteiger partial charge in [-0.05, 0) is 25.1 Å². The lowest BCUT2D eigenvalue weighted by molar-refractivity contribution is -0.142. The fourth-order valence-electron chi connectivity index (χ4n) is 2.05. The lowest BCUT2D eigenvalue weighted by Gasteiger charge is -2.21. The van der Waals surface area contributed by atoms with Gasteiger partial charge in [0.25, 0.3) is 0 Å². The Bertz CT molecular complexity index is 389. The molecule has 0 spiro atoms. The van der Waals surface area contributed by atoms with E-state index in [0.717, 1.165) is 13.0 Å². The summed E-state index contributed by atoms with van der Waals surface area (Å²) >= 11 is 0. The van der Waals surface area contributed by atoms with Crippen molar-refractivity contribution in [2.45, 2.75) is 25.9 Å². The van der Waals surface area contributed by atoms with Crippen LogP contribution in [0.3, 0.4) is 0 Å². The van der Waals surface area contributed by atoms with E-state index in [4.69, 9.17) is 4.74 Å². The number of benzene rings is 1. The summed E-state index contributed by atoms with van der Waals surface area (Å²) in [6.07, 6.45) is 0.807. The summed E-state index contributed by atoms with van der Waals surface area (Å²) in [5, 5.41) is 0. The highest BCUT2D eigenvalue weighted by atomic mass is 16.5. The Kier molecular flexibility index (Phi) is 3.25. The van der Waals surface area contributed by atoms with E-state index in [-0.39, 0.29) is 12.0 Å². The normalized spacial score (nSPS) is 20.2. The smallest absolute Gasteiger partial charge is 0.323 e. The van der Waals surface area contributed by atoms with Crippen LogP contribution in [0.25, 0.3) is 0 Å². The molecule has 0 aromatic heterocycles. The van der Waals surface area contributed by atoms with E-state index in [1.807, 2.05) is 19.2 Å². The molecule has 0 saturated carbocycles. The largest absolute Gasteiger partial charge is 0.464 e. The van der Waals surface area contributed by atoms with Gasteiger partial charge in [0.15, 0.2) is 0 Å². The van der Waals surface area contributed by atoms with Crippen LogP contribution in [0, 0.1) is 6.92 Å². The highest BCUT2D eigenvalue weighted by Gasteiger charge is 2.30. The molecular weight excluding hydrogens is 202 g/mol. The van der Waals surface area contributed by atoms with Gasteiger partial charge >= 0.3 is 5.97 Å². The van der Waals surface area contributed by atoms with Gasteiger partial charge < -0.3 is 4.74 Å². The van der Waals surface area contributed by atoms with Gasteiger partial charge in [-0.2, -0.15) is 0 Å². The number of carbonyl (C=O) groups is 1. The minimum atomic E-state index is -0.0870.